The number of unbranched alkanes of at least 4 members (excludes halogenated alkanes) is 3. The van der Waals surface area contributed by atoms with Gasteiger partial charge in [0.25, 0.3) is 23.6 Å². The van der Waals surface area contributed by atoms with Crippen LogP contribution in [0.5, 0.6) is 11.5 Å². The van der Waals surface area contributed by atoms with E-state index in [1.54, 1.807) is 60.7 Å². The lowest BCUT2D eigenvalue weighted by Crippen LogP contribution is -2.35. The van der Waals surface area contributed by atoms with Gasteiger partial charge in [-0.1, -0.05) is 101 Å². The summed E-state index contributed by atoms with van der Waals surface area (Å²) >= 11 is 0. The molecule has 4 rings (SSSR count). The highest BCUT2D eigenvalue weighted by Crippen LogP contribution is 2.16. The van der Waals surface area contributed by atoms with E-state index in [9.17, 15) is 19.2 Å². The van der Waals surface area contributed by atoms with Crippen LogP contribution in [0.15, 0.2) is 121 Å². The molecule has 10 heteroatoms. The normalized spacial score (nSPS) is 11.5. The smallest absolute Gasteiger partial charge is 0.267 e. The predicted molar refractivity (Wildman–Crippen MR) is 222 cm³/mol. The zero-order chi connectivity index (χ0) is 40.1. The van der Waals surface area contributed by atoms with Crippen molar-refractivity contribution in [2.75, 3.05) is 26.3 Å². The molecule has 0 radical (unpaired) electrons. The molecule has 0 saturated heterocycles. The summed E-state index contributed by atoms with van der Waals surface area (Å²) in [7, 11) is 0. The van der Waals surface area contributed by atoms with E-state index in [1.165, 1.54) is 0 Å². The molecule has 0 unspecified atom stereocenters. The number of amides is 4. The van der Waals surface area contributed by atoms with Crippen LogP contribution in [0.3, 0.4) is 0 Å². The Kier molecular flexibility index (Phi) is 17.4. The van der Waals surface area contributed by atoms with E-state index in [2.05, 4.69) is 49.0 Å². The first-order valence-corrected chi connectivity index (χ1v) is 19.3. The second kappa shape index (κ2) is 22.9. The summed E-state index contributed by atoms with van der Waals surface area (Å²) in [6.07, 6.45) is 6.34. The zero-order valence-corrected chi connectivity index (χ0v) is 32.8. The predicted octanol–water partition coefficient (Wildman–Crippen LogP) is 7.79. The minimum Gasteiger partial charge on any atom is -0.493 e. The lowest BCUT2D eigenvalue weighted by atomic mass is 10.1. The van der Waals surface area contributed by atoms with Gasteiger partial charge in [0.2, 0.25) is 0 Å². The lowest BCUT2D eigenvalue weighted by molar-refractivity contribution is -0.118. The minimum absolute atomic E-state index is 0.142. The molecule has 0 aliphatic carbocycles. The van der Waals surface area contributed by atoms with E-state index in [0.29, 0.717) is 73.6 Å². The third-order valence-corrected chi connectivity index (χ3v) is 8.28. The molecule has 0 atom stereocenters. The fraction of sp³-hybridized carbons (Fsp3) is 0.304. The van der Waals surface area contributed by atoms with Gasteiger partial charge in [-0.05, 0) is 96.5 Å². The maximum atomic E-state index is 13.3. The highest BCUT2D eigenvalue weighted by atomic mass is 16.5. The Hall–Kier alpha value is -6.16. The topological polar surface area (TPSA) is 135 Å². The van der Waals surface area contributed by atoms with Crippen LogP contribution in [-0.2, 0) is 9.59 Å². The summed E-state index contributed by atoms with van der Waals surface area (Å²) in [6, 6.07) is 32.3. The highest BCUT2D eigenvalue weighted by molar-refractivity contribution is 6.06. The van der Waals surface area contributed by atoms with Crippen LogP contribution in [0.4, 0.5) is 0 Å². The van der Waals surface area contributed by atoms with Crippen LogP contribution < -0.4 is 30.7 Å². The third kappa shape index (κ3) is 15.3. The Morgan fingerprint density at radius 3 is 1.20 bits per heavy atom. The van der Waals surface area contributed by atoms with Gasteiger partial charge >= 0.3 is 0 Å². The van der Waals surface area contributed by atoms with Crippen LogP contribution in [0, 0.1) is 11.8 Å². The van der Waals surface area contributed by atoms with Crippen LogP contribution in [0.2, 0.25) is 0 Å². The first-order chi connectivity index (χ1) is 27.1. The number of hydrogen-bond donors (Lipinski definition) is 4. The third-order valence-electron chi connectivity index (χ3n) is 8.28. The summed E-state index contributed by atoms with van der Waals surface area (Å²) in [6.45, 7) is 10.2. The van der Waals surface area contributed by atoms with Gasteiger partial charge in [0.05, 0.1) is 13.2 Å². The Balaban J connectivity index is 1.24. The molecule has 4 N–H and O–H groups in total. The molecular weight excluding hydrogens is 705 g/mol. The van der Waals surface area contributed by atoms with Gasteiger partial charge in [-0.25, -0.2) is 0 Å². The van der Waals surface area contributed by atoms with Crippen molar-refractivity contribution >= 4 is 35.8 Å². The quantitative estimate of drug-likeness (QED) is 0.0507. The van der Waals surface area contributed by atoms with Gasteiger partial charge in [0.1, 0.15) is 22.9 Å². The van der Waals surface area contributed by atoms with Crippen molar-refractivity contribution in [2.45, 2.75) is 53.4 Å². The maximum Gasteiger partial charge on any atom is 0.267 e. The summed E-state index contributed by atoms with van der Waals surface area (Å²) in [4.78, 5) is 52.7. The number of ether oxygens (including phenoxy) is 2. The van der Waals surface area contributed by atoms with E-state index in [0.717, 1.165) is 24.0 Å². The molecule has 4 aromatic carbocycles. The molecule has 0 saturated carbocycles. The number of rotatable bonds is 21. The number of carbonyl (C=O) groups excluding carboxylic acids is 4. The fourth-order valence-electron chi connectivity index (χ4n) is 5.27. The monoisotopic (exact) mass is 758 g/mol. The lowest BCUT2D eigenvalue weighted by Gasteiger charge is -2.13. The second-order valence-electron chi connectivity index (χ2n) is 14.2. The van der Waals surface area contributed by atoms with Gasteiger partial charge in [-0.15, -0.1) is 0 Å². The average molecular weight is 759 g/mol. The minimum atomic E-state index is -0.401. The SMILES string of the molecule is CC(C)COc1ccc(C(=O)NC(=Cc2ccccc2)C(=O)NCCCCCCNC(=O)C(=Cc2ccccc2)NC(=O)c2ccc(OCC(C)C)cc2)cc1. The van der Waals surface area contributed by atoms with Crippen molar-refractivity contribution in [3.8, 4) is 11.5 Å². The molecular formula is C46H54N4O6. The molecule has 4 amide bonds. The van der Waals surface area contributed by atoms with E-state index in [1.807, 2.05) is 60.7 Å². The molecule has 0 aliphatic rings. The van der Waals surface area contributed by atoms with E-state index < -0.39 is 11.8 Å². The Bertz CT molecular complexity index is 1760. The van der Waals surface area contributed by atoms with Gasteiger partial charge in [-0.2, -0.15) is 0 Å². The summed E-state index contributed by atoms with van der Waals surface area (Å²) in [5.74, 6) is 0.534. The number of nitrogens with one attached hydrogen (secondary N) is 4. The zero-order valence-electron chi connectivity index (χ0n) is 32.8. The van der Waals surface area contributed by atoms with E-state index in [4.69, 9.17) is 9.47 Å². The number of benzene rings is 4. The van der Waals surface area contributed by atoms with E-state index >= 15 is 0 Å². The van der Waals surface area contributed by atoms with Gasteiger partial charge in [-0.3, -0.25) is 19.2 Å². The molecule has 10 nitrogen and oxygen atoms in total. The molecule has 0 aliphatic heterocycles. The number of hydrogen-bond acceptors (Lipinski definition) is 6. The molecule has 0 heterocycles. The van der Waals surface area contributed by atoms with Crippen molar-refractivity contribution in [3.05, 3.63) is 143 Å². The molecule has 4 aromatic rings. The largest absolute Gasteiger partial charge is 0.493 e. The Morgan fingerprint density at radius 2 is 0.857 bits per heavy atom. The van der Waals surface area contributed by atoms with Gasteiger partial charge in [0, 0.05) is 24.2 Å². The van der Waals surface area contributed by atoms with Crippen LogP contribution in [-0.4, -0.2) is 49.9 Å². The van der Waals surface area contributed by atoms with Crippen LogP contribution >= 0.6 is 0 Å². The summed E-state index contributed by atoms with van der Waals surface area (Å²) in [5.41, 5.74) is 2.65. The van der Waals surface area contributed by atoms with Crippen LogP contribution in [0.1, 0.15) is 85.2 Å². The Labute approximate surface area is 330 Å². The molecule has 0 aromatic heterocycles. The van der Waals surface area contributed by atoms with Crippen molar-refractivity contribution in [2.24, 2.45) is 11.8 Å². The fourth-order valence-corrected chi connectivity index (χ4v) is 5.27. The summed E-state index contributed by atoms with van der Waals surface area (Å²) in [5, 5.41) is 11.4. The van der Waals surface area contributed by atoms with Crippen molar-refractivity contribution in [1.29, 1.82) is 0 Å². The van der Waals surface area contributed by atoms with Crippen molar-refractivity contribution < 1.29 is 28.7 Å². The maximum absolute atomic E-state index is 13.3. The second-order valence-corrected chi connectivity index (χ2v) is 14.2. The van der Waals surface area contributed by atoms with Crippen molar-refractivity contribution in [1.82, 2.24) is 21.3 Å². The first kappa shape index (κ1) is 42.6. The van der Waals surface area contributed by atoms with E-state index in [-0.39, 0.29) is 23.2 Å². The highest BCUT2D eigenvalue weighted by Gasteiger charge is 2.16. The molecule has 0 bridgehead atoms. The van der Waals surface area contributed by atoms with Gasteiger partial charge < -0.3 is 30.7 Å². The Morgan fingerprint density at radius 1 is 0.500 bits per heavy atom. The first-order valence-electron chi connectivity index (χ1n) is 19.3. The van der Waals surface area contributed by atoms with Crippen molar-refractivity contribution in [3.63, 3.8) is 0 Å². The average Bonchev–Trinajstić information content (AvgIpc) is 3.20. The number of carbonyl (C=O) groups is 4. The molecule has 56 heavy (non-hydrogen) atoms. The molecule has 0 fully saturated rings. The summed E-state index contributed by atoms with van der Waals surface area (Å²) < 4.78 is 11.4. The van der Waals surface area contributed by atoms with Crippen LogP contribution in [0.25, 0.3) is 12.2 Å². The molecule has 294 valence electrons. The molecule has 0 spiro atoms. The van der Waals surface area contributed by atoms with Gasteiger partial charge in [0.15, 0.2) is 0 Å². The standard InChI is InChI=1S/C46H54N4O6/c1-33(2)31-55-39-23-19-37(20-24-39)43(51)49-41(29-35-15-9-7-10-16-35)45(53)47-27-13-5-6-14-28-48-46(54)42(30-36-17-11-8-12-18-36)50-44(52)38-21-25-40(26-22-38)56-32-34(3)4/h7-12,15-26,29-30,33-34H,5-6,13-14,27-28,31-32H2,1-4H3,(H,47,53)(H,48,54)(H,49,51)(H,50,52).